The highest BCUT2D eigenvalue weighted by Gasteiger charge is 2.22. The minimum atomic E-state index is 0.111. The molecule has 0 aromatic carbocycles. The summed E-state index contributed by atoms with van der Waals surface area (Å²) < 4.78 is 5.32. The smallest absolute Gasteiger partial charge is 0.236 e. The Kier molecular flexibility index (Phi) is 6.11. The van der Waals surface area contributed by atoms with Crippen molar-refractivity contribution in [3.05, 3.63) is 41.7 Å². The van der Waals surface area contributed by atoms with E-state index in [1.165, 1.54) is 0 Å². The molecule has 2 aromatic rings. The number of carbonyl (C=O) groups excluding carboxylic acids is 1. The van der Waals surface area contributed by atoms with E-state index in [1.807, 2.05) is 32.2 Å². The zero-order valence-corrected chi connectivity index (χ0v) is 16.7. The highest BCUT2D eigenvalue weighted by atomic mass is 16.3. The van der Waals surface area contributed by atoms with Gasteiger partial charge in [-0.1, -0.05) is 13.8 Å². The van der Waals surface area contributed by atoms with E-state index in [0.717, 1.165) is 49.3 Å². The number of hydrogen-bond donors (Lipinski definition) is 0. The van der Waals surface area contributed by atoms with Crippen LogP contribution in [0.1, 0.15) is 37.0 Å². The van der Waals surface area contributed by atoms with Crippen molar-refractivity contribution < 1.29 is 9.21 Å². The van der Waals surface area contributed by atoms with Gasteiger partial charge in [0.15, 0.2) is 0 Å². The van der Waals surface area contributed by atoms with Crippen LogP contribution in [0, 0.1) is 6.92 Å². The summed E-state index contributed by atoms with van der Waals surface area (Å²) in [6.45, 7) is 10.6. The predicted octanol–water partition coefficient (Wildman–Crippen LogP) is 2.28. The molecule has 0 spiro atoms. The largest absolute Gasteiger partial charge is 0.467 e. The molecule has 146 valence electrons. The molecule has 7 nitrogen and oxygen atoms in total. The van der Waals surface area contributed by atoms with E-state index in [2.05, 4.69) is 28.6 Å². The molecule has 2 aromatic heterocycles. The molecular weight excluding hydrogens is 342 g/mol. The average molecular weight is 371 g/mol. The fourth-order valence-corrected chi connectivity index (χ4v) is 3.17. The molecule has 0 N–H and O–H groups in total. The van der Waals surface area contributed by atoms with Crippen LogP contribution >= 0.6 is 0 Å². The molecular formula is C20H29N5O2. The maximum atomic E-state index is 12.5. The minimum absolute atomic E-state index is 0.111. The Balaban J connectivity index is 1.52. The van der Waals surface area contributed by atoms with Crippen LogP contribution in [0.15, 0.2) is 28.9 Å². The lowest BCUT2D eigenvalue weighted by molar-refractivity contribution is -0.131. The number of amides is 1. The number of likely N-dealkylation sites (N-methyl/N-ethyl adjacent to an activating group) is 1. The third kappa shape index (κ3) is 5.07. The molecule has 0 atom stereocenters. The molecule has 0 radical (unpaired) electrons. The summed E-state index contributed by atoms with van der Waals surface area (Å²) in [7, 11) is 1.82. The van der Waals surface area contributed by atoms with Gasteiger partial charge in [-0.3, -0.25) is 9.69 Å². The molecule has 0 bridgehead atoms. The van der Waals surface area contributed by atoms with E-state index in [4.69, 9.17) is 9.40 Å². The summed E-state index contributed by atoms with van der Waals surface area (Å²) in [5, 5.41) is 0. The van der Waals surface area contributed by atoms with Crippen LogP contribution < -0.4 is 4.90 Å². The Bertz CT molecular complexity index is 752. The van der Waals surface area contributed by atoms with E-state index in [-0.39, 0.29) is 5.91 Å². The van der Waals surface area contributed by atoms with Gasteiger partial charge >= 0.3 is 0 Å². The number of aryl methyl sites for hydroxylation is 1. The number of aromatic nitrogens is 2. The van der Waals surface area contributed by atoms with Gasteiger partial charge in [-0.15, -0.1) is 0 Å². The standard InChI is InChI=1S/C20H29N5O2/c1-15(2)20-21-16(3)12-18(22-20)25-9-7-24(8-10-25)14-19(26)23(4)13-17-6-5-11-27-17/h5-6,11-12,15H,7-10,13-14H2,1-4H3. The second-order valence-electron chi connectivity index (χ2n) is 7.47. The van der Waals surface area contributed by atoms with Crippen LogP contribution in [0.5, 0.6) is 0 Å². The Morgan fingerprint density at radius 3 is 2.63 bits per heavy atom. The van der Waals surface area contributed by atoms with Crippen molar-refractivity contribution in [3.8, 4) is 0 Å². The topological polar surface area (TPSA) is 65.7 Å². The first kappa shape index (κ1) is 19.4. The maximum Gasteiger partial charge on any atom is 0.236 e. The molecule has 1 saturated heterocycles. The van der Waals surface area contributed by atoms with Gasteiger partial charge in [-0.2, -0.15) is 0 Å². The van der Waals surface area contributed by atoms with Gasteiger partial charge < -0.3 is 14.2 Å². The molecule has 7 heteroatoms. The Morgan fingerprint density at radius 2 is 2.00 bits per heavy atom. The van der Waals surface area contributed by atoms with Gasteiger partial charge in [0.2, 0.25) is 5.91 Å². The Labute approximate surface area is 161 Å². The molecule has 1 fully saturated rings. The van der Waals surface area contributed by atoms with Crippen LogP contribution in [-0.2, 0) is 11.3 Å². The summed E-state index contributed by atoms with van der Waals surface area (Å²) in [6.07, 6.45) is 1.63. The van der Waals surface area contributed by atoms with E-state index in [0.29, 0.717) is 19.0 Å². The van der Waals surface area contributed by atoms with Gasteiger partial charge in [0.25, 0.3) is 0 Å². The average Bonchev–Trinajstić information content (AvgIpc) is 3.14. The normalized spacial score (nSPS) is 15.4. The number of rotatable bonds is 6. The van der Waals surface area contributed by atoms with Crippen molar-refractivity contribution in [1.82, 2.24) is 19.8 Å². The zero-order valence-electron chi connectivity index (χ0n) is 16.7. The molecule has 1 amide bonds. The first-order valence-corrected chi connectivity index (χ1v) is 9.51. The van der Waals surface area contributed by atoms with Gasteiger partial charge in [0.05, 0.1) is 19.4 Å². The summed E-state index contributed by atoms with van der Waals surface area (Å²) in [5.41, 5.74) is 1.00. The molecule has 27 heavy (non-hydrogen) atoms. The first-order chi connectivity index (χ1) is 12.9. The first-order valence-electron chi connectivity index (χ1n) is 9.51. The van der Waals surface area contributed by atoms with Gasteiger partial charge in [-0.25, -0.2) is 9.97 Å². The molecule has 0 saturated carbocycles. The van der Waals surface area contributed by atoms with E-state index in [1.54, 1.807) is 11.2 Å². The van der Waals surface area contributed by atoms with E-state index in [9.17, 15) is 4.79 Å². The van der Waals surface area contributed by atoms with E-state index < -0.39 is 0 Å². The van der Waals surface area contributed by atoms with Gasteiger partial charge in [0.1, 0.15) is 17.4 Å². The minimum Gasteiger partial charge on any atom is -0.467 e. The number of hydrogen-bond acceptors (Lipinski definition) is 6. The van der Waals surface area contributed by atoms with Crippen LogP contribution in [0.3, 0.4) is 0 Å². The number of anilines is 1. The van der Waals surface area contributed by atoms with Crippen LogP contribution in [-0.4, -0.2) is 65.4 Å². The molecule has 1 aliphatic heterocycles. The Morgan fingerprint density at radius 1 is 1.26 bits per heavy atom. The lowest BCUT2D eigenvalue weighted by atomic mass is 10.2. The molecule has 0 aliphatic carbocycles. The quantitative estimate of drug-likeness (QED) is 0.776. The third-order valence-corrected chi connectivity index (χ3v) is 4.83. The lowest BCUT2D eigenvalue weighted by Gasteiger charge is -2.35. The zero-order chi connectivity index (χ0) is 19.4. The summed E-state index contributed by atoms with van der Waals surface area (Å²) in [6, 6.07) is 5.77. The maximum absolute atomic E-state index is 12.5. The van der Waals surface area contributed by atoms with Crippen molar-refractivity contribution in [2.45, 2.75) is 33.2 Å². The van der Waals surface area contributed by atoms with Gasteiger partial charge in [0, 0.05) is 50.9 Å². The summed E-state index contributed by atoms with van der Waals surface area (Å²) >= 11 is 0. The SMILES string of the molecule is Cc1cc(N2CCN(CC(=O)N(C)Cc3ccco3)CC2)nc(C(C)C)n1. The van der Waals surface area contributed by atoms with Crippen molar-refractivity contribution in [1.29, 1.82) is 0 Å². The third-order valence-electron chi connectivity index (χ3n) is 4.83. The Hall–Kier alpha value is -2.41. The predicted molar refractivity (Wildman–Crippen MR) is 105 cm³/mol. The van der Waals surface area contributed by atoms with Crippen molar-refractivity contribution >= 4 is 11.7 Å². The number of carbonyl (C=O) groups is 1. The number of piperazine rings is 1. The molecule has 3 rings (SSSR count). The fraction of sp³-hybridized carbons (Fsp3) is 0.550. The van der Waals surface area contributed by atoms with Gasteiger partial charge in [-0.05, 0) is 19.1 Å². The van der Waals surface area contributed by atoms with Crippen LogP contribution in [0.4, 0.5) is 5.82 Å². The monoisotopic (exact) mass is 371 g/mol. The van der Waals surface area contributed by atoms with E-state index >= 15 is 0 Å². The second-order valence-corrected chi connectivity index (χ2v) is 7.47. The second kappa shape index (κ2) is 8.52. The van der Waals surface area contributed by atoms with Crippen molar-refractivity contribution in [2.75, 3.05) is 44.7 Å². The van der Waals surface area contributed by atoms with Crippen LogP contribution in [0.25, 0.3) is 0 Å². The summed E-state index contributed by atoms with van der Waals surface area (Å²) in [5.74, 6) is 3.11. The number of nitrogens with zero attached hydrogens (tertiary/aromatic N) is 5. The van der Waals surface area contributed by atoms with Crippen molar-refractivity contribution in [3.63, 3.8) is 0 Å². The van der Waals surface area contributed by atoms with Crippen LogP contribution in [0.2, 0.25) is 0 Å². The lowest BCUT2D eigenvalue weighted by Crippen LogP contribution is -2.50. The fourth-order valence-electron chi connectivity index (χ4n) is 3.17. The molecule has 3 heterocycles. The molecule has 1 aliphatic rings. The summed E-state index contributed by atoms with van der Waals surface area (Å²) in [4.78, 5) is 27.9. The number of furan rings is 1. The highest BCUT2D eigenvalue weighted by molar-refractivity contribution is 5.78. The highest BCUT2D eigenvalue weighted by Crippen LogP contribution is 2.18. The molecule has 0 unspecified atom stereocenters. The van der Waals surface area contributed by atoms with Crippen molar-refractivity contribution in [2.24, 2.45) is 0 Å².